The number of nitrogens with one attached hydrogen (secondary N) is 2. The molecule has 9 heteroatoms. The molecule has 3 aromatic rings. The van der Waals surface area contributed by atoms with Crippen molar-refractivity contribution >= 4 is 34.1 Å². The number of Topliss-reactive ketones (excluding diaryl/α,β-unsaturated/α-hetero) is 1. The molecule has 0 saturated carbocycles. The summed E-state index contributed by atoms with van der Waals surface area (Å²) in [6, 6.07) is 10.8. The number of rotatable bonds is 10. The molecule has 2 amide bonds. The second kappa shape index (κ2) is 10.5. The number of benzene rings is 1. The van der Waals surface area contributed by atoms with Gasteiger partial charge in [-0.15, -0.1) is 11.3 Å². The van der Waals surface area contributed by atoms with Gasteiger partial charge in [0.15, 0.2) is 17.5 Å². The number of ether oxygens (including phenoxy) is 1. The lowest BCUT2D eigenvalue weighted by Crippen LogP contribution is -2.20. The van der Waals surface area contributed by atoms with E-state index in [0.29, 0.717) is 47.5 Å². The maximum atomic E-state index is 12.2. The number of furan rings is 1. The smallest absolute Gasteiger partial charge is 0.264 e. The number of nitrogens with zero attached hydrogens (tertiary/aromatic N) is 1. The standard InChI is InChI=1S/C22H23N3O5S/c1-14(26)3-4-16-5-7-17(8-6-16)29-12-21(28)25-22-24-19(13-31-22)20-10-9-18(30-20)11-23-15(2)27/h5-10,13H,3-4,11-12H2,1-2H3,(H,23,27)(H,24,25,28). The van der Waals surface area contributed by atoms with Crippen molar-refractivity contribution in [1.82, 2.24) is 10.3 Å². The highest BCUT2D eigenvalue weighted by molar-refractivity contribution is 7.14. The Kier molecular flexibility index (Phi) is 7.55. The Morgan fingerprint density at radius 2 is 1.87 bits per heavy atom. The van der Waals surface area contributed by atoms with E-state index in [1.165, 1.54) is 18.3 Å². The molecular formula is C22H23N3O5S. The lowest BCUT2D eigenvalue weighted by molar-refractivity contribution is -0.119. The zero-order valence-corrected chi connectivity index (χ0v) is 18.1. The molecule has 31 heavy (non-hydrogen) atoms. The minimum Gasteiger partial charge on any atom is -0.484 e. The highest BCUT2D eigenvalue weighted by atomic mass is 32.1. The Morgan fingerprint density at radius 3 is 2.58 bits per heavy atom. The average molecular weight is 442 g/mol. The van der Waals surface area contributed by atoms with Gasteiger partial charge in [-0.1, -0.05) is 12.1 Å². The molecule has 2 heterocycles. The van der Waals surface area contributed by atoms with Gasteiger partial charge in [-0.05, 0) is 43.2 Å². The first kappa shape index (κ1) is 22.2. The van der Waals surface area contributed by atoms with Crippen LogP contribution in [0.3, 0.4) is 0 Å². The monoisotopic (exact) mass is 441 g/mol. The van der Waals surface area contributed by atoms with Crippen molar-refractivity contribution in [3.05, 3.63) is 53.1 Å². The van der Waals surface area contributed by atoms with Gasteiger partial charge in [-0.2, -0.15) is 0 Å². The SMILES string of the molecule is CC(=O)CCc1ccc(OCC(=O)Nc2nc(-c3ccc(CNC(C)=O)o3)cs2)cc1. The van der Waals surface area contributed by atoms with Crippen molar-refractivity contribution in [3.8, 4) is 17.2 Å². The predicted molar refractivity (Wildman–Crippen MR) is 117 cm³/mol. The van der Waals surface area contributed by atoms with Gasteiger partial charge >= 0.3 is 0 Å². The number of anilines is 1. The van der Waals surface area contributed by atoms with Crippen LogP contribution in [0.1, 0.15) is 31.6 Å². The fourth-order valence-electron chi connectivity index (χ4n) is 2.64. The molecule has 0 fully saturated rings. The third kappa shape index (κ3) is 7.07. The van der Waals surface area contributed by atoms with E-state index in [0.717, 1.165) is 5.56 Å². The van der Waals surface area contributed by atoms with E-state index >= 15 is 0 Å². The minimum atomic E-state index is -0.327. The van der Waals surface area contributed by atoms with Gasteiger partial charge in [-0.25, -0.2) is 4.98 Å². The topological polar surface area (TPSA) is 111 Å². The van der Waals surface area contributed by atoms with Crippen LogP contribution in [0.4, 0.5) is 5.13 Å². The lowest BCUT2D eigenvalue weighted by atomic mass is 10.1. The molecule has 0 spiro atoms. The molecule has 0 unspecified atom stereocenters. The number of thiazole rings is 1. The summed E-state index contributed by atoms with van der Waals surface area (Å²) in [5, 5.41) is 7.57. The minimum absolute atomic E-state index is 0.136. The van der Waals surface area contributed by atoms with Gasteiger partial charge in [-0.3, -0.25) is 14.9 Å². The molecular weight excluding hydrogens is 418 g/mol. The van der Waals surface area contributed by atoms with Crippen molar-refractivity contribution in [2.75, 3.05) is 11.9 Å². The van der Waals surface area contributed by atoms with E-state index in [-0.39, 0.29) is 24.2 Å². The molecule has 0 bridgehead atoms. The van der Waals surface area contributed by atoms with Crippen molar-refractivity contribution in [2.45, 2.75) is 33.2 Å². The second-order valence-corrected chi connectivity index (χ2v) is 7.75. The fraction of sp³-hybridized carbons (Fsp3) is 0.273. The number of aryl methyl sites for hydroxylation is 1. The molecule has 0 aliphatic rings. The summed E-state index contributed by atoms with van der Waals surface area (Å²) in [7, 11) is 0. The molecule has 0 radical (unpaired) electrons. The summed E-state index contributed by atoms with van der Waals surface area (Å²) in [6.45, 7) is 3.16. The van der Waals surface area contributed by atoms with Gasteiger partial charge in [0, 0.05) is 18.7 Å². The highest BCUT2D eigenvalue weighted by Crippen LogP contribution is 2.26. The fourth-order valence-corrected chi connectivity index (χ4v) is 3.36. The molecule has 0 saturated heterocycles. The average Bonchev–Trinajstić information content (AvgIpc) is 3.39. The number of hydrogen-bond donors (Lipinski definition) is 2. The highest BCUT2D eigenvalue weighted by Gasteiger charge is 2.12. The van der Waals surface area contributed by atoms with Crippen LogP contribution < -0.4 is 15.4 Å². The van der Waals surface area contributed by atoms with E-state index in [4.69, 9.17) is 9.15 Å². The molecule has 0 atom stereocenters. The normalized spacial score (nSPS) is 10.5. The molecule has 0 aliphatic carbocycles. The second-order valence-electron chi connectivity index (χ2n) is 6.90. The predicted octanol–water partition coefficient (Wildman–Crippen LogP) is 3.58. The first-order chi connectivity index (χ1) is 14.9. The van der Waals surface area contributed by atoms with Crippen molar-refractivity contribution in [1.29, 1.82) is 0 Å². The van der Waals surface area contributed by atoms with E-state index in [1.807, 2.05) is 12.1 Å². The number of carbonyl (C=O) groups is 3. The molecule has 2 aromatic heterocycles. The van der Waals surface area contributed by atoms with Gasteiger partial charge in [0.05, 0.1) is 6.54 Å². The Labute approximate surface area is 183 Å². The van der Waals surface area contributed by atoms with Gasteiger partial charge in [0.2, 0.25) is 5.91 Å². The van der Waals surface area contributed by atoms with Crippen LogP contribution in [-0.4, -0.2) is 29.2 Å². The third-order valence-corrected chi connectivity index (χ3v) is 4.99. The van der Waals surface area contributed by atoms with E-state index in [9.17, 15) is 14.4 Å². The van der Waals surface area contributed by atoms with Gasteiger partial charge < -0.3 is 19.3 Å². The van der Waals surface area contributed by atoms with Gasteiger partial charge in [0.25, 0.3) is 5.91 Å². The summed E-state index contributed by atoms with van der Waals surface area (Å²) in [6.07, 6.45) is 1.19. The number of hydrogen-bond acceptors (Lipinski definition) is 7. The van der Waals surface area contributed by atoms with Crippen LogP contribution in [0.2, 0.25) is 0 Å². The Hall–Kier alpha value is -3.46. The maximum Gasteiger partial charge on any atom is 0.264 e. The number of aromatic nitrogens is 1. The maximum absolute atomic E-state index is 12.2. The van der Waals surface area contributed by atoms with Gasteiger partial charge in [0.1, 0.15) is 23.0 Å². The summed E-state index contributed by atoms with van der Waals surface area (Å²) >= 11 is 1.28. The molecule has 3 rings (SSSR count). The summed E-state index contributed by atoms with van der Waals surface area (Å²) in [5.74, 6) is 1.43. The van der Waals surface area contributed by atoms with Crippen LogP contribution >= 0.6 is 11.3 Å². The van der Waals surface area contributed by atoms with Crippen molar-refractivity contribution < 1.29 is 23.5 Å². The Balaban J connectivity index is 1.47. The zero-order chi connectivity index (χ0) is 22.2. The van der Waals surface area contributed by atoms with Crippen molar-refractivity contribution in [3.63, 3.8) is 0 Å². The first-order valence-corrected chi connectivity index (χ1v) is 10.6. The van der Waals surface area contributed by atoms with Crippen LogP contribution in [0.25, 0.3) is 11.5 Å². The zero-order valence-electron chi connectivity index (χ0n) is 17.3. The molecule has 8 nitrogen and oxygen atoms in total. The van der Waals surface area contributed by atoms with Crippen LogP contribution in [0.15, 0.2) is 46.2 Å². The third-order valence-electron chi connectivity index (χ3n) is 4.24. The largest absolute Gasteiger partial charge is 0.484 e. The van der Waals surface area contributed by atoms with E-state index in [2.05, 4.69) is 15.6 Å². The molecule has 1 aromatic carbocycles. The van der Waals surface area contributed by atoms with Crippen LogP contribution in [0.5, 0.6) is 5.75 Å². The molecule has 162 valence electrons. The van der Waals surface area contributed by atoms with Crippen LogP contribution in [-0.2, 0) is 27.3 Å². The summed E-state index contributed by atoms with van der Waals surface area (Å²) in [5.41, 5.74) is 1.64. The van der Waals surface area contributed by atoms with Crippen molar-refractivity contribution in [2.24, 2.45) is 0 Å². The van der Waals surface area contributed by atoms with E-state index in [1.54, 1.807) is 36.6 Å². The number of ketones is 1. The van der Waals surface area contributed by atoms with E-state index < -0.39 is 0 Å². The number of amides is 2. The quantitative estimate of drug-likeness (QED) is 0.498. The van der Waals surface area contributed by atoms with Crippen LogP contribution in [0, 0.1) is 0 Å². The summed E-state index contributed by atoms with van der Waals surface area (Å²) in [4.78, 5) is 38.5. The number of carbonyl (C=O) groups excluding carboxylic acids is 3. The first-order valence-electron chi connectivity index (χ1n) is 9.69. The molecule has 0 aliphatic heterocycles. The molecule has 2 N–H and O–H groups in total. The summed E-state index contributed by atoms with van der Waals surface area (Å²) < 4.78 is 11.2. The Morgan fingerprint density at radius 1 is 1.10 bits per heavy atom. The Bertz CT molecular complexity index is 1060. The lowest BCUT2D eigenvalue weighted by Gasteiger charge is -2.07.